The van der Waals surface area contributed by atoms with E-state index in [1.165, 1.54) is 0 Å². The molecule has 0 atom stereocenters. The highest BCUT2D eigenvalue weighted by molar-refractivity contribution is 5.97. The summed E-state index contributed by atoms with van der Waals surface area (Å²) in [5.41, 5.74) is 0.831. The van der Waals surface area contributed by atoms with Gasteiger partial charge in [-0.15, -0.1) is 0 Å². The van der Waals surface area contributed by atoms with Gasteiger partial charge in [-0.05, 0) is 45.4 Å². The zero-order valence-electron chi connectivity index (χ0n) is 14.0. The highest BCUT2D eigenvalue weighted by Crippen LogP contribution is 2.14. The molecule has 0 saturated heterocycles. The fraction of sp³-hybridized carbons (Fsp3) is 0.625. The van der Waals surface area contributed by atoms with Gasteiger partial charge in [-0.3, -0.25) is 0 Å². The average molecular weight is 328 g/mol. The summed E-state index contributed by atoms with van der Waals surface area (Å²) in [4.78, 5) is 22.5. The first-order valence-electron chi connectivity index (χ1n) is 7.52. The summed E-state index contributed by atoms with van der Waals surface area (Å²) in [6.07, 6.45) is 3.42. The molecule has 0 rings (SSSR count). The molecule has 0 aromatic carbocycles. The fourth-order valence-corrected chi connectivity index (χ4v) is 2.34. The van der Waals surface area contributed by atoms with Crippen molar-refractivity contribution in [2.45, 2.75) is 39.5 Å². The lowest BCUT2D eigenvalue weighted by Crippen LogP contribution is -2.13. The van der Waals surface area contributed by atoms with E-state index in [1.54, 1.807) is 13.8 Å². The number of esters is 2. The summed E-state index contributed by atoms with van der Waals surface area (Å²) in [7, 11) is 0.701. The summed E-state index contributed by atoms with van der Waals surface area (Å²) in [6, 6.07) is 0. The third-order valence-electron chi connectivity index (χ3n) is 3.08. The van der Waals surface area contributed by atoms with E-state index in [2.05, 4.69) is 13.2 Å². The van der Waals surface area contributed by atoms with Crippen LogP contribution in [0.4, 0.5) is 0 Å². The van der Waals surface area contributed by atoms with E-state index in [9.17, 15) is 9.59 Å². The maximum absolute atomic E-state index is 11.2. The van der Waals surface area contributed by atoms with E-state index in [0.717, 1.165) is 25.7 Å². The highest BCUT2D eigenvalue weighted by Gasteiger charge is 2.10. The molecule has 0 spiro atoms. The Bertz CT molecular complexity index is 358. The zero-order valence-corrected chi connectivity index (χ0v) is 16.0. The van der Waals surface area contributed by atoms with E-state index in [0.29, 0.717) is 47.4 Å². The van der Waals surface area contributed by atoms with Crippen molar-refractivity contribution in [3.63, 3.8) is 0 Å². The molecular weight excluding hydrogens is 300 g/mol. The largest absolute Gasteiger partial charge is 0.462 e. The van der Waals surface area contributed by atoms with E-state index in [1.807, 2.05) is 0 Å². The molecular formula is C16H28O5Si. The molecule has 0 aromatic heterocycles. The molecule has 0 bridgehead atoms. The molecule has 0 aliphatic heterocycles. The number of carbonyl (C=O) groups is 2. The molecule has 6 heteroatoms. The van der Waals surface area contributed by atoms with Crippen molar-refractivity contribution >= 4 is 22.4 Å². The Labute approximate surface area is 136 Å². The lowest BCUT2D eigenvalue weighted by Gasteiger charge is -2.16. The topological polar surface area (TPSA) is 61.8 Å². The number of hydrogen-bond donors (Lipinski definition) is 0. The monoisotopic (exact) mass is 328 g/mol. The quantitative estimate of drug-likeness (QED) is 0.236. The predicted octanol–water partition coefficient (Wildman–Crippen LogP) is 1.70. The van der Waals surface area contributed by atoms with E-state index in [-0.39, 0.29) is 11.9 Å². The Kier molecular flexibility index (Phi) is 11.4. The molecule has 0 amide bonds. The smallest absolute Gasteiger partial charge is 0.333 e. The minimum atomic E-state index is -0.345. The third-order valence-corrected chi connectivity index (χ3v) is 3.41. The second-order valence-corrected chi connectivity index (χ2v) is 6.02. The van der Waals surface area contributed by atoms with Gasteiger partial charge in [-0.1, -0.05) is 13.2 Å². The highest BCUT2D eigenvalue weighted by atomic mass is 28.2. The molecule has 22 heavy (non-hydrogen) atoms. The Morgan fingerprint density at radius 3 is 1.68 bits per heavy atom. The van der Waals surface area contributed by atoms with Crippen molar-refractivity contribution in [1.29, 1.82) is 0 Å². The van der Waals surface area contributed by atoms with Gasteiger partial charge in [0, 0.05) is 17.8 Å². The predicted molar refractivity (Wildman–Crippen MR) is 89.4 cm³/mol. The van der Waals surface area contributed by atoms with Crippen LogP contribution in [0.3, 0.4) is 0 Å². The average Bonchev–Trinajstić information content (AvgIpc) is 2.46. The Balaban J connectivity index is 3.86. The van der Waals surface area contributed by atoms with E-state index >= 15 is 0 Å². The Hall–Kier alpha value is -1.40. The molecule has 0 saturated carbocycles. The van der Waals surface area contributed by atoms with Gasteiger partial charge < -0.3 is 13.9 Å². The van der Waals surface area contributed by atoms with Crippen molar-refractivity contribution in [2.24, 2.45) is 5.92 Å². The minimum absolute atomic E-state index is 0.345. The van der Waals surface area contributed by atoms with E-state index in [4.69, 9.17) is 13.9 Å². The number of rotatable bonds is 12. The van der Waals surface area contributed by atoms with Gasteiger partial charge in [0.15, 0.2) is 0 Å². The van der Waals surface area contributed by atoms with Gasteiger partial charge >= 0.3 is 11.9 Å². The summed E-state index contributed by atoms with van der Waals surface area (Å²) in [6.45, 7) is 11.8. The number of carbonyl (C=O) groups excluding carboxylic acids is 2. The number of ether oxygens (including phenoxy) is 2. The first-order chi connectivity index (χ1) is 10.4. The van der Waals surface area contributed by atoms with Gasteiger partial charge in [-0.25, -0.2) is 9.59 Å². The van der Waals surface area contributed by atoms with Crippen LogP contribution in [0.2, 0.25) is 0 Å². The summed E-state index contributed by atoms with van der Waals surface area (Å²) in [5.74, 6) is -0.297. The van der Waals surface area contributed by atoms with Crippen LogP contribution in [0.1, 0.15) is 39.5 Å². The summed E-state index contributed by atoms with van der Waals surface area (Å²) in [5, 5.41) is 0. The van der Waals surface area contributed by atoms with Gasteiger partial charge in [-0.2, -0.15) is 0 Å². The maximum Gasteiger partial charge on any atom is 0.333 e. The van der Waals surface area contributed by atoms with Crippen LogP contribution >= 0.6 is 0 Å². The normalized spacial score (nSPS) is 10.5. The van der Waals surface area contributed by atoms with Crippen LogP contribution in [0.25, 0.3) is 0 Å². The zero-order chi connectivity index (χ0) is 17.0. The summed E-state index contributed by atoms with van der Waals surface area (Å²) < 4.78 is 15.5. The van der Waals surface area contributed by atoms with Crippen molar-refractivity contribution in [1.82, 2.24) is 0 Å². The Morgan fingerprint density at radius 2 is 1.36 bits per heavy atom. The van der Waals surface area contributed by atoms with Gasteiger partial charge in [0.25, 0.3) is 0 Å². The second-order valence-electron chi connectivity index (χ2n) is 5.44. The van der Waals surface area contributed by atoms with Crippen LogP contribution in [-0.2, 0) is 23.5 Å². The van der Waals surface area contributed by atoms with Crippen molar-refractivity contribution in [2.75, 3.05) is 19.8 Å². The van der Waals surface area contributed by atoms with Crippen LogP contribution < -0.4 is 0 Å². The van der Waals surface area contributed by atoms with Crippen LogP contribution in [-0.4, -0.2) is 42.2 Å². The summed E-state index contributed by atoms with van der Waals surface area (Å²) >= 11 is 0. The molecule has 0 heterocycles. The molecule has 0 fully saturated rings. The van der Waals surface area contributed by atoms with Gasteiger partial charge in [0.05, 0.1) is 13.2 Å². The standard InChI is InChI=1S/C16H28O5Si/c1-12(2)15(17)19-9-5-7-14(11-21-22)8-6-10-20-16(18)13(3)4/h14H,1,3,5-11H2,2,4,22H3. The minimum Gasteiger partial charge on any atom is -0.462 e. The molecule has 5 nitrogen and oxygen atoms in total. The van der Waals surface area contributed by atoms with E-state index < -0.39 is 0 Å². The second kappa shape index (κ2) is 12.2. The van der Waals surface area contributed by atoms with Crippen LogP contribution in [0.15, 0.2) is 24.3 Å². The molecule has 0 aliphatic carbocycles. The van der Waals surface area contributed by atoms with Crippen LogP contribution in [0, 0.1) is 5.92 Å². The number of hydrogen-bond acceptors (Lipinski definition) is 5. The van der Waals surface area contributed by atoms with Crippen molar-refractivity contribution in [3.8, 4) is 0 Å². The molecule has 0 aromatic rings. The SMILES string of the molecule is C=C(C)C(=O)OCCCC(CCCOC(=O)C(=C)C)CO[SiH3]. The fourth-order valence-electron chi connectivity index (χ4n) is 1.87. The molecule has 0 radical (unpaired) electrons. The maximum atomic E-state index is 11.2. The van der Waals surface area contributed by atoms with Crippen LogP contribution in [0.5, 0.6) is 0 Å². The van der Waals surface area contributed by atoms with Gasteiger partial charge in [0.2, 0.25) is 0 Å². The molecule has 0 N–H and O–H groups in total. The molecule has 0 unspecified atom stereocenters. The molecule has 126 valence electrons. The van der Waals surface area contributed by atoms with Crippen molar-refractivity contribution in [3.05, 3.63) is 24.3 Å². The lowest BCUT2D eigenvalue weighted by atomic mass is 9.99. The third kappa shape index (κ3) is 10.3. The first-order valence-corrected chi connectivity index (χ1v) is 8.34. The first kappa shape index (κ1) is 20.6. The van der Waals surface area contributed by atoms with Crippen molar-refractivity contribution < 1.29 is 23.5 Å². The van der Waals surface area contributed by atoms with Gasteiger partial charge in [0.1, 0.15) is 10.5 Å². The Morgan fingerprint density at radius 1 is 0.955 bits per heavy atom. The lowest BCUT2D eigenvalue weighted by molar-refractivity contribution is -0.139. The molecule has 0 aliphatic rings.